The molecule has 3 rings (SSSR count). The van der Waals surface area contributed by atoms with E-state index in [-0.39, 0.29) is 11.5 Å². The monoisotopic (exact) mass is 282 g/mol. The van der Waals surface area contributed by atoms with E-state index in [2.05, 4.69) is 11.1 Å². The molecule has 108 valence electrons. The molecule has 1 saturated carbocycles. The topological polar surface area (TPSA) is 65.9 Å². The first-order valence-corrected chi connectivity index (χ1v) is 7.32. The molecular formula is C17H18N2O2. The Bertz CT molecular complexity index is 780. The van der Waals surface area contributed by atoms with Crippen LogP contribution in [0, 0.1) is 17.2 Å². The number of hydrogen-bond acceptors (Lipinski definition) is 3. The van der Waals surface area contributed by atoms with Crippen molar-refractivity contribution in [1.29, 1.82) is 5.26 Å². The molecule has 0 radical (unpaired) electrons. The van der Waals surface area contributed by atoms with Crippen LogP contribution in [0.4, 0.5) is 0 Å². The van der Waals surface area contributed by atoms with Gasteiger partial charge >= 0.3 is 0 Å². The lowest BCUT2D eigenvalue weighted by Gasteiger charge is -2.10. The van der Waals surface area contributed by atoms with Gasteiger partial charge in [0, 0.05) is 17.0 Å². The number of fused-ring (bicyclic) bond motifs is 1. The van der Waals surface area contributed by atoms with Gasteiger partial charge in [-0.05, 0) is 36.8 Å². The van der Waals surface area contributed by atoms with E-state index in [4.69, 9.17) is 4.74 Å². The molecule has 4 heteroatoms. The summed E-state index contributed by atoms with van der Waals surface area (Å²) >= 11 is 0. The highest BCUT2D eigenvalue weighted by Gasteiger charge is 2.22. The highest BCUT2D eigenvalue weighted by atomic mass is 16.5. The highest BCUT2D eigenvalue weighted by Crippen LogP contribution is 2.31. The summed E-state index contributed by atoms with van der Waals surface area (Å²) in [6.45, 7) is 4.61. The lowest BCUT2D eigenvalue weighted by molar-refractivity contribution is 0.299. The average Bonchev–Trinajstić information content (AvgIpc) is 3.27. The van der Waals surface area contributed by atoms with E-state index in [0.29, 0.717) is 29.4 Å². The molecule has 0 unspecified atom stereocenters. The van der Waals surface area contributed by atoms with Crippen LogP contribution in [0.5, 0.6) is 5.75 Å². The number of hydrogen-bond donors (Lipinski definition) is 1. The average molecular weight is 282 g/mol. The van der Waals surface area contributed by atoms with Gasteiger partial charge in [-0.2, -0.15) is 5.26 Å². The molecule has 1 aliphatic rings. The quantitative estimate of drug-likeness (QED) is 0.935. The molecule has 0 saturated heterocycles. The summed E-state index contributed by atoms with van der Waals surface area (Å²) in [5.74, 6) is 1.33. The van der Waals surface area contributed by atoms with E-state index in [0.717, 1.165) is 10.9 Å². The van der Waals surface area contributed by atoms with Crippen molar-refractivity contribution < 1.29 is 4.74 Å². The van der Waals surface area contributed by atoms with Crippen molar-refractivity contribution >= 4 is 10.9 Å². The molecule has 0 bridgehead atoms. The van der Waals surface area contributed by atoms with Crippen LogP contribution < -0.4 is 10.3 Å². The van der Waals surface area contributed by atoms with Crippen LogP contribution in [0.3, 0.4) is 0 Å². The molecule has 1 N–H and O–H groups in total. The molecule has 0 spiro atoms. The SMILES string of the molecule is CC(C)c1cc2cc(C#N)c(OCC3CC3)cc2[nH]c1=O. The number of aromatic amines is 1. The van der Waals surface area contributed by atoms with Gasteiger partial charge in [0.1, 0.15) is 11.8 Å². The number of nitriles is 1. The number of H-pyrrole nitrogens is 1. The summed E-state index contributed by atoms with van der Waals surface area (Å²) in [4.78, 5) is 14.9. The summed E-state index contributed by atoms with van der Waals surface area (Å²) in [5, 5.41) is 10.2. The highest BCUT2D eigenvalue weighted by molar-refractivity contribution is 5.83. The van der Waals surface area contributed by atoms with Gasteiger partial charge in [-0.15, -0.1) is 0 Å². The third-order valence-electron chi connectivity index (χ3n) is 3.89. The van der Waals surface area contributed by atoms with Crippen LogP contribution in [0.15, 0.2) is 23.0 Å². The summed E-state index contributed by atoms with van der Waals surface area (Å²) in [6, 6.07) is 7.60. The van der Waals surface area contributed by atoms with Crippen molar-refractivity contribution in [3.63, 3.8) is 0 Å². The van der Waals surface area contributed by atoms with Crippen LogP contribution >= 0.6 is 0 Å². The number of nitrogens with one attached hydrogen (secondary N) is 1. The molecule has 1 aromatic carbocycles. The Hall–Kier alpha value is -2.28. The Morgan fingerprint density at radius 3 is 2.76 bits per heavy atom. The number of pyridine rings is 1. The van der Waals surface area contributed by atoms with Crippen LogP contribution in [-0.4, -0.2) is 11.6 Å². The minimum atomic E-state index is -0.0737. The Kier molecular flexibility index (Phi) is 3.42. The lowest BCUT2D eigenvalue weighted by atomic mass is 10.0. The van der Waals surface area contributed by atoms with Gasteiger partial charge in [-0.3, -0.25) is 4.79 Å². The maximum Gasteiger partial charge on any atom is 0.251 e. The van der Waals surface area contributed by atoms with Gasteiger partial charge in [0.05, 0.1) is 17.7 Å². The molecule has 1 heterocycles. The number of ether oxygens (including phenoxy) is 1. The molecule has 21 heavy (non-hydrogen) atoms. The fourth-order valence-electron chi connectivity index (χ4n) is 2.38. The summed E-state index contributed by atoms with van der Waals surface area (Å²) < 4.78 is 5.73. The molecule has 1 aliphatic carbocycles. The fraction of sp³-hybridized carbons (Fsp3) is 0.412. The van der Waals surface area contributed by atoms with Crippen LogP contribution in [-0.2, 0) is 0 Å². The van der Waals surface area contributed by atoms with Crippen LogP contribution in [0.2, 0.25) is 0 Å². The van der Waals surface area contributed by atoms with Crippen molar-refractivity contribution in [3.8, 4) is 11.8 Å². The van der Waals surface area contributed by atoms with E-state index < -0.39 is 0 Å². The maximum atomic E-state index is 12.1. The van der Waals surface area contributed by atoms with Crippen molar-refractivity contribution in [2.45, 2.75) is 32.6 Å². The number of aromatic nitrogens is 1. The van der Waals surface area contributed by atoms with Crippen molar-refractivity contribution in [2.24, 2.45) is 5.92 Å². The summed E-state index contributed by atoms with van der Waals surface area (Å²) in [7, 11) is 0. The second-order valence-electron chi connectivity index (χ2n) is 6.01. The number of benzene rings is 1. The molecule has 0 aliphatic heterocycles. The zero-order chi connectivity index (χ0) is 15.0. The van der Waals surface area contributed by atoms with E-state index in [9.17, 15) is 10.1 Å². The smallest absolute Gasteiger partial charge is 0.251 e. The van der Waals surface area contributed by atoms with Crippen molar-refractivity contribution in [1.82, 2.24) is 4.98 Å². The first-order valence-electron chi connectivity index (χ1n) is 7.32. The Balaban J connectivity index is 2.07. The van der Waals surface area contributed by atoms with Gasteiger partial charge in [0.25, 0.3) is 5.56 Å². The van der Waals surface area contributed by atoms with E-state index in [1.807, 2.05) is 19.9 Å². The van der Waals surface area contributed by atoms with Crippen LogP contribution in [0.25, 0.3) is 10.9 Å². The van der Waals surface area contributed by atoms with Gasteiger partial charge in [0.15, 0.2) is 0 Å². The predicted octanol–water partition coefficient (Wildman–Crippen LogP) is 3.31. The van der Waals surface area contributed by atoms with Crippen molar-refractivity contribution in [3.05, 3.63) is 39.7 Å². The molecule has 4 nitrogen and oxygen atoms in total. The largest absolute Gasteiger partial charge is 0.492 e. The van der Waals surface area contributed by atoms with E-state index in [1.54, 1.807) is 12.1 Å². The zero-order valence-electron chi connectivity index (χ0n) is 12.3. The molecule has 1 aromatic heterocycles. The van der Waals surface area contributed by atoms with Gasteiger partial charge < -0.3 is 9.72 Å². The third kappa shape index (κ3) is 2.78. The Morgan fingerprint density at radius 1 is 1.38 bits per heavy atom. The molecule has 1 fully saturated rings. The Morgan fingerprint density at radius 2 is 2.14 bits per heavy atom. The van der Waals surface area contributed by atoms with Crippen molar-refractivity contribution in [2.75, 3.05) is 6.61 Å². The predicted molar refractivity (Wildman–Crippen MR) is 81.6 cm³/mol. The lowest BCUT2D eigenvalue weighted by Crippen LogP contribution is -2.13. The minimum absolute atomic E-state index is 0.0737. The number of rotatable bonds is 4. The minimum Gasteiger partial charge on any atom is -0.492 e. The molecule has 2 aromatic rings. The van der Waals surface area contributed by atoms with Gasteiger partial charge in [0.2, 0.25) is 0 Å². The fourth-order valence-corrected chi connectivity index (χ4v) is 2.38. The second-order valence-corrected chi connectivity index (χ2v) is 6.01. The Labute approximate surface area is 123 Å². The molecule has 0 atom stereocenters. The maximum absolute atomic E-state index is 12.1. The number of nitrogens with zero attached hydrogens (tertiary/aromatic N) is 1. The normalized spacial score (nSPS) is 14.4. The first kappa shape index (κ1) is 13.7. The van der Waals surface area contributed by atoms with Crippen LogP contribution in [0.1, 0.15) is 43.7 Å². The second kappa shape index (κ2) is 5.25. The van der Waals surface area contributed by atoms with Gasteiger partial charge in [-0.1, -0.05) is 13.8 Å². The summed E-state index contributed by atoms with van der Waals surface area (Å²) in [6.07, 6.45) is 2.40. The van der Waals surface area contributed by atoms with Gasteiger partial charge in [-0.25, -0.2) is 0 Å². The third-order valence-corrected chi connectivity index (χ3v) is 3.89. The van der Waals surface area contributed by atoms with E-state index in [1.165, 1.54) is 12.8 Å². The first-order chi connectivity index (χ1) is 10.1. The zero-order valence-corrected chi connectivity index (χ0v) is 12.3. The standard InChI is InChI=1S/C17H18N2O2/c1-10(2)14-6-12-5-13(8-18)16(21-9-11-3-4-11)7-15(12)19-17(14)20/h5-7,10-11H,3-4,9H2,1-2H3,(H,19,20). The molecular weight excluding hydrogens is 264 g/mol. The summed E-state index contributed by atoms with van der Waals surface area (Å²) in [5.41, 5.74) is 1.90. The molecule has 0 amide bonds. The van der Waals surface area contributed by atoms with E-state index >= 15 is 0 Å².